The average Bonchev–Trinajstić information content (AvgIpc) is 2.76. The number of carboxylic acids is 1. The number of halogens is 1. The molecular weight excluding hydrogens is 385 g/mol. The van der Waals surface area contributed by atoms with Gasteiger partial charge in [-0.05, 0) is 47.0 Å². The fraction of sp³-hybridized carbons (Fsp3) is 0.167. The number of carbonyl (C=O) groups excluding carboxylic acids is 1. The molecule has 0 unspecified atom stereocenters. The van der Waals surface area contributed by atoms with E-state index >= 15 is 0 Å². The van der Waals surface area contributed by atoms with Crippen LogP contribution in [0.5, 0.6) is 5.75 Å². The van der Waals surface area contributed by atoms with Gasteiger partial charge in [-0.25, -0.2) is 4.39 Å². The van der Waals surface area contributed by atoms with E-state index in [1.54, 1.807) is 48.4 Å². The Morgan fingerprint density at radius 2 is 1.70 bits per heavy atom. The minimum Gasteiger partial charge on any atom is -0.497 e. The molecule has 3 aromatic rings. The first kappa shape index (κ1) is 19.6. The Kier molecular flexibility index (Phi) is 5.23. The Morgan fingerprint density at radius 3 is 2.33 bits per heavy atom. The van der Waals surface area contributed by atoms with E-state index in [1.165, 1.54) is 24.3 Å². The molecule has 1 aliphatic rings. The van der Waals surface area contributed by atoms with E-state index in [-0.39, 0.29) is 12.5 Å². The Hall–Kier alpha value is -3.67. The van der Waals surface area contributed by atoms with E-state index in [4.69, 9.17) is 4.74 Å². The van der Waals surface area contributed by atoms with Crippen LogP contribution in [0.3, 0.4) is 0 Å². The maximum Gasteiger partial charge on any atom is 0.313 e. The maximum absolute atomic E-state index is 13.5. The fourth-order valence-corrected chi connectivity index (χ4v) is 3.99. The highest BCUT2D eigenvalue weighted by molar-refractivity contribution is 6.00. The number of fused-ring (bicyclic) bond motifs is 1. The third kappa shape index (κ3) is 3.52. The van der Waals surface area contributed by atoms with E-state index in [0.29, 0.717) is 22.4 Å². The van der Waals surface area contributed by atoms with Gasteiger partial charge >= 0.3 is 5.97 Å². The van der Waals surface area contributed by atoms with Crippen molar-refractivity contribution in [3.63, 3.8) is 0 Å². The maximum atomic E-state index is 13.5. The van der Waals surface area contributed by atoms with Crippen LogP contribution in [0.25, 0.3) is 0 Å². The van der Waals surface area contributed by atoms with Crippen LogP contribution in [0.15, 0.2) is 72.8 Å². The zero-order chi connectivity index (χ0) is 21.3. The molecule has 1 amide bonds. The van der Waals surface area contributed by atoms with Gasteiger partial charge in [0.15, 0.2) is 0 Å². The van der Waals surface area contributed by atoms with Gasteiger partial charge in [0.05, 0.1) is 13.2 Å². The summed E-state index contributed by atoms with van der Waals surface area (Å²) in [6.07, 6.45) is 0. The van der Waals surface area contributed by atoms with Gasteiger partial charge in [-0.3, -0.25) is 9.59 Å². The molecule has 0 fully saturated rings. The molecule has 0 bridgehead atoms. The topological polar surface area (TPSA) is 66.8 Å². The Bertz CT molecular complexity index is 1080. The number of hydrogen-bond acceptors (Lipinski definition) is 3. The second-order valence-corrected chi connectivity index (χ2v) is 7.18. The van der Waals surface area contributed by atoms with E-state index < -0.39 is 23.7 Å². The predicted octanol–water partition coefficient (Wildman–Crippen LogP) is 4.40. The van der Waals surface area contributed by atoms with Crippen molar-refractivity contribution in [3.8, 4) is 5.75 Å². The van der Waals surface area contributed by atoms with Gasteiger partial charge in [-0.1, -0.05) is 42.5 Å². The standard InChI is InChI=1S/C24H20FNO4/c1-30-18-12-6-15(7-13-18)14-26-22(16-8-10-17(25)11-9-16)21(24(28)29)19-4-2-3-5-20(19)23(26)27/h2-13,21-22H,14H2,1H3,(H,28,29)/t21-,22+/m1/s1. The summed E-state index contributed by atoms with van der Waals surface area (Å²) in [5, 5.41) is 10.1. The van der Waals surface area contributed by atoms with Gasteiger partial charge < -0.3 is 14.7 Å². The molecule has 30 heavy (non-hydrogen) atoms. The molecule has 0 saturated carbocycles. The zero-order valence-corrected chi connectivity index (χ0v) is 16.3. The average molecular weight is 405 g/mol. The minimum absolute atomic E-state index is 0.211. The lowest BCUT2D eigenvalue weighted by Gasteiger charge is -2.41. The summed E-state index contributed by atoms with van der Waals surface area (Å²) in [6, 6.07) is 18.9. The highest BCUT2D eigenvalue weighted by atomic mass is 19.1. The third-order valence-corrected chi connectivity index (χ3v) is 5.43. The van der Waals surface area contributed by atoms with Crippen LogP contribution in [0, 0.1) is 5.82 Å². The van der Waals surface area contributed by atoms with Gasteiger partial charge in [0.2, 0.25) is 0 Å². The smallest absolute Gasteiger partial charge is 0.313 e. The first-order chi connectivity index (χ1) is 14.5. The third-order valence-electron chi connectivity index (χ3n) is 5.43. The summed E-state index contributed by atoms with van der Waals surface area (Å²) in [5.41, 5.74) is 2.24. The molecule has 3 aromatic carbocycles. The normalized spacial score (nSPS) is 18.1. The number of benzene rings is 3. The predicted molar refractivity (Wildman–Crippen MR) is 109 cm³/mol. The summed E-state index contributed by atoms with van der Waals surface area (Å²) < 4.78 is 18.7. The summed E-state index contributed by atoms with van der Waals surface area (Å²) >= 11 is 0. The number of amides is 1. The fourth-order valence-electron chi connectivity index (χ4n) is 3.99. The van der Waals surface area contributed by atoms with Crippen molar-refractivity contribution >= 4 is 11.9 Å². The lowest BCUT2D eigenvalue weighted by Crippen LogP contribution is -2.44. The van der Waals surface area contributed by atoms with Crippen LogP contribution in [-0.2, 0) is 11.3 Å². The quantitative estimate of drug-likeness (QED) is 0.683. The van der Waals surface area contributed by atoms with Gasteiger partial charge in [0.25, 0.3) is 5.91 Å². The molecule has 1 aliphatic heterocycles. The number of methoxy groups -OCH3 is 1. The van der Waals surface area contributed by atoms with Crippen LogP contribution in [0.2, 0.25) is 0 Å². The second-order valence-electron chi connectivity index (χ2n) is 7.18. The number of aliphatic carboxylic acids is 1. The van der Waals surface area contributed by atoms with Crippen molar-refractivity contribution in [1.29, 1.82) is 0 Å². The number of carbonyl (C=O) groups is 2. The molecule has 152 valence electrons. The molecule has 1 N–H and O–H groups in total. The van der Waals surface area contributed by atoms with Crippen LogP contribution in [-0.4, -0.2) is 29.0 Å². The van der Waals surface area contributed by atoms with Crippen molar-refractivity contribution in [2.24, 2.45) is 0 Å². The van der Waals surface area contributed by atoms with E-state index in [2.05, 4.69) is 0 Å². The molecule has 0 radical (unpaired) electrons. The van der Waals surface area contributed by atoms with Gasteiger partial charge in [-0.15, -0.1) is 0 Å². The monoisotopic (exact) mass is 405 g/mol. The van der Waals surface area contributed by atoms with E-state index in [1.807, 2.05) is 12.1 Å². The van der Waals surface area contributed by atoms with Crippen LogP contribution < -0.4 is 4.74 Å². The molecule has 0 saturated heterocycles. The second kappa shape index (κ2) is 7.99. The highest BCUT2D eigenvalue weighted by Gasteiger charge is 2.44. The summed E-state index contributed by atoms with van der Waals surface area (Å²) in [6.45, 7) is 0.211. The molecular formula is C24H20FNO4. The molecule has 0 aromatic heterocycles. The molecule has 0 spiro atoms. The van der Waals surface area contributed by atoms with Crippen LogP contribution >= 0.6 is 0 Å². The molecule has 4 rings (SSSR count). The summed E-state index contributed by atoms with van der Waals surface area (Å²) in [5.74, 6) is -2.00. The van der Waals surface area contributed by atoms with Crippen LogP contribution in [0.1, 0.15) is 39.0 Å². The first-order valence-electron chi connectivity index (χ1n) is 9.50. The first-order valence-corrected chi connectivity index (χ1v) is 9.50. The lowest BCUT2D eigenvalue weighted by molar-refractivity contribution is -0.140. The number of hydrogen-bond donors (Lipinski definition) is 1. The largest absolute Gasteiger partial charge is 0.497 e. The van der Waals surface area contributed by atoms with Crippen molar-refractivity contribution in [3.05, 3.63) is 101 Å². The SMILES string of the molecule is COc1ccc(CN2C(=O)c3ccccc3[C@@H](C(=O)O)[C@@H]2c2ccc(F)cc2)cc1. The Balaban J connectivity index is 1.84. The molecule has 5 nitrogen and oxygen atoms in total. The number of ether oxygens (including phenoxy) is 1. The zero-order valence-electron chi connectivity index (χ0n) is 16.3. The van der Waals surface area contributed by atoms with Gasteiger partial charge in [0, 0.05) is 12.1 Å². The van der Waals surface area contributed by atoms with E-state index in [9.17, 15) is 19.1 Å². The van der Waals surface area contributed by atoms with Crippen molar-refractivity contribution in [2.45, 2.75) is 18.5 Å². The molecule has 6 heteroatoms. The summed E-state index contributed by atoms with van der Waals surface area (Å²) in [4.78, 5) is 27.3. The Morgan fingerprint density at radius 1 is 1.03 bits per heavy atom. The van der Waals surface area contributed by atoms with E-state index in [0.717, 1.165) is 5.56 Å². The van der Waals surface area contributed by atoms with Crippen molar-refractivity contribution < 1.29 is 23.8 Å². The molecule has 2 atom stereocenters. The number of rotatable bonds is 5. The highest BCUT2D eigenvalue weighted by Crippen LogP contribution is 2.43. The van der Waals surface area contributed by atoms with Gasteiger partial charge in [-0.2, -0.15) is 0 Å². The van der Waals surface area contributed by atoms with Crippen molar-refractivity contribution in [2.75, 3.05) is 7.11 Å². The number of nitrogens with zero attached hydrogens (tertiary/aromatic N) is 1. The Labute approximate surface area is 173 Å². The molecule has 0 aliphatic carbocycles. The minimum atomic E-state index is -1.04. The molecule has 1 heterocycles. The summed E-state index contributed by atoms with van der Waals surface area (Å²) in [7, 11) is 1.57. The van der Waals surface area contributed by atoms with Crippen LogP contribution in [0.4, 0.5) is 4.39 Å². The van der Waals surface area contributed by atoms with Crippen molar-refractivity contribution in [1.82, 2.24) is 4.90 Å². The lowest BCUT2D eigenvalue weighted by atomic mass is 9.79. The van der Waals surface area contributed by atoms with Gasteiger partial charge in [0.1, 0.15) is 17.5 Å². The number of carboxylic acid groups (broad SMARTS) is 1.